The van der Waals surface area contributed by atoms with Crippen molar-refractivity contribution in [1.82, 2.24) is 3.93 Å². The molecular formula is C25H22Br3N5O2. The molecule has 10 heteroatoms. The van der Waals surface area contributed by atoms with Gasteiger partial charge in [0.2, 0.25) is 11.8 Å². The minimum absolute atomic E-state index is 0. The van der Waals surface area contributed by atoms with Gasteiger partial charge in [0.15, 0.2) is 0 Å². The van der Waals surface area contributed by atoms with Gasteiger partial charge in [0.05, 0.1) is 62.7 Å². The van der Waals surface area contributed by atoms with Gasteiger partial charge < -0.3 is 0 Å². The van der Waals surface area contributed by atoms with Crippen LogP contribution in [0.3, 0.4) is 0 Å². The summed E-state index contributed by atoms with van der Waals surface area (Å²) < 4.78 is 0.979. The van der Waals surface area contributed by atoms with Crippen LogP contribution in [0, 0.1) is 59.2 Å². The number of aryl methyl sites for hydroxylation is 2. The number of imide groups is 1. The molecule has 0 aromatic heterocycles. The molecule has 35 heavy (non-hydrogen) atoms. The van der Waals surface area contributed by atoms with Crippen LogP contribution >= 0.6 is 48.0 Å². The number of rotatable bonds is 2. The highest BCUT2D eigenvalue weighted by Crippen LogP contribution is 2.20. The predicted octanol–water partition coefficient (Wildman–Crippen LogP) is 6.35. The van der Waals surface area contributed by atoms with Crippen molar-refractivity contribution < 1.29 is 9.59 Å². The van der Waals surface area contributed by atoms with Gasteiger partial charge in [-0.25, -0.2) is 3.93 Å². The summed E-state index contributed by atoms with van der Waals surface area (Å²) >= 11 is 9.38. The van der Waals surface area contributed by atoms with Crippen molar-refractivity contribution in [2.75, 3.05) is 0 Å². The first-order valence-electron chi connectivity index (χ1n) is 9.68. The molecule has 0 unspecified atom stereocenters. The summed E-state index contributed by atoms with van der Waals surface area (Å²) in [5.41, 5.74) is 5.96. The summed E-state index contributed by atoms with van der Waals surface area (Å²) in [5.74, 6) is -0.287. The summed E-state index contributed by atoms with van der Waals surface area (Å²) in [6, 6.07) is 15.4. The highest BCUT2D eigenvalue weighted by Gasteiger charge is 2.26. The standard InChI is InChI=1S/C10H6Br2N2.C10H8N2.C4H4BrNO2.CH4/c11-3-7-1-9(5-13)8(4-12)2-10(7)6-14;1-7-3-10(6-12)8(2)4-9(7)5-11;5-6-3(7)1-2-4(6)8;/h1-2H,3-4H2;3-4H,1-2H3;1-2H2;1H4. The SMILES string of the molecule is C.Cc1cc(C#N)c(C)cc1C#N.N#Cc1cc(CBr)c(C#N)cc1CBr.O=C1CCC(=O)N1Br. The minimum atomic E-state index is -0.144. The molecule has 1 heterocycles. The van der Waals surface area contributed by atoms with Gasteiger partial charge in [0.25, 0.3) is 0 Å². The van der Waals surface area contributed by atoms with E-state index in [1.165, 1.54) is 0 Å². The van der Waals surface area contributed by atoms with Crippen molar-refractivity contribution in [2.24, 2.45) is 0 Å². The number of halogens is 3. The highest BCUT2D eigenvalue weighted by molar-refractivity contribution is 9.09. The summed E-state index contributed by atoms with van der Waals surface area (Å²) in [7, 11) is 0. The van der Waals surface area contributed by atoms with Crippen LogP contribution in [0.1, 0.15) is 64.8 Å². The molecule has 1 aliphatic heterocycles. The lowest BCUT2D eigenvalue weighted by molar-refractivity contribution is -0.131. The predicted molar refractivity (Wildman–Crippen MR) is 143 cm³/mol. The first kappa shape index (κ1) is 32.0. The fourth-order valence-electron chi connectivity index (χ4n) is 2.72. The molecule has 0 aliphatic carbocycles. The molecule has 2 aromatic rings. The molecule has 2 amide bonds. The Morgan fingerprint density at radius 3 is 1.23 bits per heavy atom. The van der Waals surface area contributed by atoms with Gasteiger partial charge in [0.1, 0.15) is 0 Å². The topological polar surface area (TPSA) is 133 Å². The Bertz CT molecular complexity index is 1170. The number of carbonyl (C=O) groups is 2. The Morgan fingerprint density at radius 2 is 1.03 bits per heavy atom. The van der Waals surface area contributed by atoms with E-state index in [4.69, 9.17) is 21.0 Å². The Hall–Kier alpha value is -3.02. The number of hydrogen-bond acceptors (Lipinski definition) is 6. The van der Waals surface area contributed by atoms with E-state index in [1.807, 2.05) is 13.8 Å². The second-order valence-corrected chi connectivity index (χ2v) is 8.76. The third kappa shape index (κ3) is 8.93. The van der Waals surface area contributed by atoms with Crippen molar-refractivity contribution in [2.45, 2.75) is 44.8 Å². The molecule has 0 spiro atoms. The zero-order valence-electron chi connectivity index (χ0n) is 18.3. The van der Waals surface area contributed by atoms with E-state index in [0.29, 0.717) is 45.8 Å². The summed E-state index contributed by atoms with van der Waals surface area (Å²) in [6.45, 7) is 3.66. The van der Waals surface area contributed by atoms with E-state index in [0.717, 1.165) is 26.2 Å². The number of nitriles is 4. The van der Waals surface area contributed by atoms with Crippen LogP contribution in [-0.2, 0) is 20.2 Å². The van der Waals surface area contributed by atoms with Crippen LogP contribution in [0.5, 0.6) is 0 Å². The van der Waals surface area contributed by atoms with Gasteiger partial charge in [-0.05, 0) is 60.4 Å². The maximum absolute atomic E-state index is 10.4. The average molecular weight is 664 g/mol. The van der Waals surface area contributed by atoms with Crippen LogP contribution in [0.15, 0.2) is 24.3 Å². The van der Waals surface area contributed by atoms with Gasteiger partial charge in [-0.3, -0.25) is 9.59 Å². The van der Waals surface area contributed by atoms with E-state index in [-0.39, 0.29) is 19.2 Å². The summed E-state index contributed by atoms with van der Waals surface area (Å²) in [5, 5.41) is 36.3. The molecule has 0 saturated carbocycles. The van der Waals surface area contributed by atoms with Crippen LogP contribution in [0.4, 0.5) is 0 Å². The van der Waals surface area contributed by atoms with E-state index >= 15 is 0 Å². The Balaban J connectivity index is 0.000000505. The molecule has 1 fully saturated rings. The highest BCUT2D eigenvalue weighted by atomic mass is 79.9. The quantitative estimate of drug-likeness (QED) is 0.209. The molecule has 0 N–H and O–H groups in total. The largest absolute Gasteiger partial charge is 0.274 e. The van der Waals surface area contributed by atoms with Gasteiger partial charge in [-0.1, -0.05) is 39.3 Å². The molecular weight excluding hydrogens is 642 g/mol. The van der Waals surface area contributed by atoms with Crippen molar-refractivity contribution in [1.29, 1.82) is 21.0 Å². The maximum Gasteiger partial charge on any atom is 0.239 e. The first-order chi connectivity index (χ1) is 16.2. The van der Waals surface area contributed by atoms with Crippen molar-refractivity contribution >= 4 is 59.8 Å². The number of benzene rings is 2. The molecule has 0 radical (unpaired) electrons. The molecule has 7 nitrogen and oxygen atoms in total. The number of amides is 2. The molecule has 0 atom stereocenters. The third-order valence-corrected chi connectivity index (χ3v) is 6.66. The molecule has 1 aliphatic rings. The zero-order valence-corrected chi connectivity index (χ0v) is 23.1. The van der Waals surface area contributed by atoms with Gasteiger partial charge >= 0.3 is 0 Å². The second kappa shape index (κ2) is 15.8. The average Bonchev–Trinajstić information content (AvgIpc) is 3.15. The minimum Gasteiger partial charge on any atom is -0.274 e. The van der Waals surface area contributed by atoms with Crippen LogP contribution in [0.25, 0.3) is 0 Å². The number of carbonyl (C=O) groups excluding carboxylic acids is 2. The monoisotopic (exact) mass is 661 g/mol. The lowest BCUT2D eigenvalue weighted by Crippen LogP contribution is -2.16. The van der Waals surface area contributed by atoms with Crippen molar-refractivity contribution in [3.8, 4) is 24.3 Å². The zero-order chi connectivity index (χ0) is 25.8. The van der Waals surface area contributed by atoms with Gasteiger partial charge in [-0.2, -0.15) is 21.0 Å². The number of hydrogen-bond donors (Lipinski definition) is 0. The Kier molecular flexibility index (Phi) is 14.4. The van der Waals surface area contributed by atoms with E-state index in [9.17, 15) is 9.59 Å². The Labute approximate surface area is 231 Å². The third-order valence-electron chi connectivity index (χ3n) is 4.66. The van der Waals surface area contributed by atoms with Crippen LogP contribution in [0.2, 0.25) is 0 Å². The van der Waals surface area contributed by atoms with Gasteiger partial charge in [-0.15, -0.1) is 0 Å². The van der Waals surface area contributed by atoms with Crippen molar-refractivity contribution in [3.63, 3.8) is 0 Å². The van der Waals surface area contributed by atoms with E-state index in [1.54, 1.807) is 24.3 Å². The number of alkyl halides is 2. The van der Waals surface area contributed by atoms with E-state index < -0.39 is 0 Å². The van der Waals surface area contributed by atoms with Crippen LogP contribution < -0.4 is 0 Å². The molecule has 2 aromatic carbocycles. The maximum atomic E-state index is 10.4. The molecule has 0 bridgehead atoms. The van der Waals surface area contributed by atoms with Crippen molar-refractivity contribution in [3.05, 3.63) is 68.8 Å². The van der Waals surface area contributed by atoms with Gasteiger partial charge in [0, 0.05) is 23.5 Å². The van der Waals surface area contributed by atoms with Crippen LogP contribution in [-0.4, -0.2) is 15.7 Å². The first-order valence-corrected chi connectivity index (χ1v) is 12.6. The summed E-state index contributed by atoms with van der Waals surface area (Å²) in [6.07, 6.45) is 0.703. The molecule has 1 saturated heterocycles. The molecule has 3 rings (SSSR count). The fraction of sp³-hybridized carbons (Fsp3) is 0.280. The lowest BCUT2D eigenvalue weighted by atomic mass is 10.0. The lowest BCUT2D eigenvalue weighted by Gasteiger charge is -2.04. The summed E-state index contributed by atoms with van der Waals surface area (Å²) in [4.78, 5) is 20.9. The fourth-order valence-corrected chi connectivity index (χ4v) is 4.01. The second-order valence-electron chi connectivity index (χ2n) is 6.93. The normalized spacial score (nSPS) is 11.3. The van der Waals surface area contributed by atoms with E-state index in [2.05, 4.69) is 72.3 Å². The molecule has 180 valence electrons. The Morgan fingerprint density at radius 1 is 0.714 bits per heavy atom. The smallest absolute Gasteiger partial charge is 0.239 e. The number of nitrogens with zero attached hydrogens (tertiary/aromatic N) is 5.